The van der Waals surface area contributed by atoms with Gasteiger partial charge in [0.2, 0.25) is 0 Å². The van der Waals surface area contributed by atoms with Gasteiger partial charge in [0, 0.05) is 0 Å². The van der Waals surface area contributed by atoms with Crippen LogP contribution in [-0.4, -0.2) is 21.4 Å². The van der Waals surface area contributed by atoms with Gasteiger partial charge >= 0.3 is 0 Å². The maximum atomic E-state index is 10.1. The summed E-state index contributed by atoms with van der Waals surface area (Å²) in [5.74, 6) is 0. The van der Waals surface area contributed by atoms with E-state index in [0.717, 1.165) is 6.42 Å². The van der Waals surface area contributed by atoms with Crippen molar-refractivity contribution in [2.75, 3.05) is 0 Å². The Morgan fingerprint density at radius 1 is 1.38 bits per heavy atom. The molecule has 13 heavy (non-hydrogen) atoms. The van der Waals surface area contributed by atoms with E-state index in [2.05, 4.69) is 13.2 Å². The molecule has 1 saturated carbocycles. The molecule has 0 radical (unpaired) electrons. The summed E-state index contributed by atoms with van der Waals surface area (Å²) >= 11 is 0. The standard InChI is InChI=1S/C11H18O2/c1-3-5-7-10(12,4-2)11(13)8-6-9-11/h3-4,12-13H,1-2,5-9H2. The first-order valence-corrected chi connectivity index (χ1v) is 4.77. The van der Waals surface area contributed by atoms with Crippen LogP contribution in [-0.2, 0) is 0 Å². The molecule has 1 rings (SSSR count). The molecule has 0 aromatic heterocycles. The highest BCUT2D eigenvalue weighted by Crippen LogP contribution is 2.43. The van der Waals surface area contributed by atoms with Gasteiger partial charge in [0.1, 0.15) is 5.60 Å². The van der Waals surface area contributed by atoms with Crippen molar-refractivity contribution in [2.24, 2.45) is 0 Å². The molecule has 0 amide bonds. The van der Waals surface area contributed by atoms with Gasteiger partial charge in [0.25, 0.3) is 0 Å². The van der Waals surface area contributed by atoms with Gasteiger partial charge in [-0.1, -0.05) is 12.2 Å². The first-order valence-electron chi connectivity index (χ1n) is 4.77. The van der Waals surface area contributed by atoms with Crippen molar-refractivity contribution in [1.82, 2.24) is 0 Å². The fourth-order valence-corrected chi connectivity index (χ4v) is 1.79. The van der Waals surface area contributed by atoms with E-state index in [-0.39, 0.29) is 0 Å². The van der Waals surface area contributed by atoms with Crippen LogP contribution in [0.15, 0.2) is 25.3 Å². The van der Waals surface area contributed by atoms with Crippen LogP contribution in [0.5, 0.6) is 0 Å². The first-order chi connectivity index (χ1) is 6.08. The fourth-order valence-electron chi connectivity index (χ4n) is 1.79. The highest BCUT2D eigenvalue weighted by Gasteiger charge is 2.50. The van der Waals surface area contributed by atoms with E-state index in [1.54, 1.807) is 6.08 Å². The number of hydrogen-bond donors (Lipinski definition) is 2. The third kappa shape index (κ3) is 1.69. The Morgan fingerprint density at radius 2 is 2.00 bits per heavy atom. The van der Waals surface area contributed by atoms with Crippen LogP contribution in [0, 0.1) is 0 Å². The lowest BCUT2D eigenvalue weighted by molar-refractivity contribution is -0.169. The molecule has 0 aromatic rings. The number of allylic oxidation sites excluding steroid dienone is 1. The Labute approximate surface area is 79.6 Å². The van der Waals surface area contributed by atoms with Gasteiger partial charge in [-0.15, -0.1) is 13.2 Å². The van der Waals surface area contributed by atoms with Gasteiger partial charge in [-0.05, 0) is 32.1 Å². The zero-order chi connectivity index (χ0) is 9.95. The largest absolute Gasteiger partial charge is 0.387 e. The molecule has 1 aliphatic rings. The predicted molar refractivity (Wildman–Crippen MR) is 53.4 cm³/mol. The molecule has 0 spiro atoms. The normalized spacial score (nSPS) is 24.2. The predicted octanol–water partition coefficient (Wildman–Crippen LogP) is 1.78. The molecule has 0 saturated heterocycles. The molecule has 74 valence electrons. The Balaban J connectivity index is 2.67. The van der Waals surface area contributed by atoms with E-state index in [0.29, 0.717) is 25.7 Å². The highest BCUT2D eigenvalue weighted by atomic mass is 16.4. The van der Waals surface area contributed by atoms with Crippen LogP contribution in [0.1, 0.15) is 32.1 Å². The van der Waals surface area contributed by atoms with Gasteiger partial charge in [-0.3, -0.25) is 0 Å². The van der Waals surface area contributed by atoms with E-state index >= 15 is 0 Å². The molecule has 0 heterocycles. The van der Waals surface area contributed by atoms with Gasteiger partial charge in [0.15, 0.2) is 0 Å². The zero-order valence-electron chi connectivity index (χ0n) is 8.00. The summed E-state index contributed by atoms with van der Waals surface area (Å²) in [5.41, 5.74) is -2.06. The molecule has 0 bridgehead atoms. The molecule has 1 unspecified atom stereocenters. The van der Waals surface area contributed by atoms with E-state index < -0.39 is 11.2 Å². The lowest BCUT2D eigenvalue weighted by Gasteiger charge is -2.48. The molecule has 2 heteroatoms. The number of aliphatic hydroxyl groups is 2. The molecule has 1 fully saturated rings. The summed E-state index contributed by atoms with van der Waals surface area (Å²) < 4.78 is 0. The van der Waals surface area contributed by atoms with Crippen molar-refractivity contribution < 1.29 is 10.2 Å². The lowest BCUT2D eigenvalue weighted by atomic mass is 9.66. The molecule has 1 atom stereocenters. The summed E-state index contributed by atoms with van der Waals surface area (Å²) in [4.78, 5) is 0. The van der Waals surface area contributed by atoms with Crippen LogP contribution in [0.3, 0.4) is 0 Å². The second-order valence-electron chi connectivity index (χ2n) is 3.84. The minimum atomic E-state index is -1.13. The number of hydrogen-bond acceptors (Lipinski definition) is 2. The van der Waals surface area contributed by atoms with Crippen LogP contribution >= 0.6 is 0 Å². The Kier molecular flexibility index (Phi) is 2.94. The minimum absolute atomic E-state index is 0.510. The third-order valence-corrected chi connectivity index (χ3v) is 3.05. The molecular weight excluding hydrogens is 164 g/mol. The van der Waals surface area contributed by atoms with Crippen molar-refractivity contribution in [2.45, 2.75) is 43.3 Å². The molecule has 0 aliphatic heterocycles. The topological polar surface area (TPSA) is 40.5 Å². The molecule has 1 aliphatic carbocycles. The molecular formula is C11H18O2. The molecule has 2 N–H and O–H groups in total. The molecule has 0 aromatic carbocycles. The van der Waals surface area contributed by atoms with Gasteiger partial charge in [-0.2, -0.15) is 0 Å². The highest BCUT2D eigenvalue weighted by molar-refractivity contribution is 5.13. The second kappa shape index (κ2) is 3.64. The van der Waals surface area contributed by atoms with Crippen molar-refractivity contribution in [3.8, 4) is 0 Å². The van der Waals surface area contributed by atoms with Gasteiger partial charge in [0.05, 0.1) is 5.60 Å². The SMILES string of the molecule is C=CCCC(O)(C=C)C1(O)CCC1. The lowest BCUT2D eigenvalue weighted by Crippen LogP contribution is -2.57. The van der Waals surface area contributed by atoms with Crippen LogP contribution in [0.2, 0.25) is 0 Å². The van der Waals surface area contributed by atoms with E-state index in [9.17, 15) is 10.2 Å². The van der Waals surface area contributed by atoms with Crippen molar-refractivity contribution >= 4 is 0 Å². The molecule has 2 nitrogen and oxygen atoms in total. The van der Waals surface area contributed by atoms with Crippen molar-refractivity contribution in [3.63, 3.8) is 0 Å². The van der Waals surface area contributed by atoms with Gasteiger partial charge in [-0.25, -0.2) is 0 Å². The zero-order valence-corrected chi connectivity index (χ0v) is 8.00. The average molecular weight is 182 g/mol. The quantitative estimate of drug-likeness (QED) is 0.636. The maximum Gasteiger partial charge on any atom is 0.111 e. The third-order valence-electron chi connectivity index (χ3n) is 3.05. The second-order valence-corrected chi connectivity index (χ2v) is 3.84. The fraction of sp³-hybridized carbons (Fsp3) is 0.636. The van der Waals surface area contributed by atoms with E-state index in [1.807, 2.05) is 0 Å². The van der Waals surface area contributed by atoms with Crippen molar-refractivity contribution in [3.05, 3.63) is 25.3 Å². The van der Waals surface area contributed by atoms with Crippen molar-refractivity contribution in [1.29, 1.82) is 0 Å². The summed E-state index contributed by atoms with van der Waals surface area (Å²) in [6.45, 7) is 7.19. The Hall–Kier alpha value is -0.600. The monoisotopic (exact) mass is 182 g/mol. The van der Waals surface area contributed by atoms with E-state index in [4.69, 9.17) is 0 Å². The average Bonchev–Trinajstić information content (AvgIpc) is 2.10. The Bertz CT molecular complexity index is 206. The van der Waals surface area contributed by atoms with Crippen LogP contribution in [0.25, 0.3) is 0 Å². The van der Waals surface area contributed by atoms with Crippen LogP contribution in [0.4, 0.5) is 0 Å². The Morgan fingerprint density at radius 3 is 2.31 bits per heavy atom. The minimum Gasteiger partial charge on any atom is -0.387 e. The first kappa shape index (κ1) is 10.5. The summed E-state index contributed by atoms with van der Waals surface area (Å²) in [6, 6.07) is 0. The van der Waals surface area contributed by atoms with E-state index in [1.165, 1.54) is 6.08 Å². The summed E-state index contributed by atoms with van der Waals surface area (Å²) in [5, 5.41) is 20.1. The number of rotatable bonds is 5. The smallest absolute Gasteiger partial charge is 0.111 e. The van der Waals surface area contributed by atoms with Crippen LogP contribution < -0.4 is 0 Å². The summed E-state index contributed by atoms with van der Waals surface area (Å²) in [7, 11) is 0. The van der Waals surface area contributed by atoms with Gasteiger partial charge < -0.3 is 10.2 Å². The summed E-state index contributed by atoms with van der Waals surface area (Å²) in [6.07, 6.45) is 6.76. The maximum absolute atomic E-state index is 10.1.